The molecule has 0 radical (unpaired) electrons. The van der Waals surface area contributed by atoms with Crippen molar-refractivity contribution in [3.05, 3.63) is 66.2 Å². The Hall–Kier alpha value is -3.29. The summed E-state index contributed by atoms with van der Waals surface area (Å²) in [5.74, 6) is -0.739. The zero-order valence-corrected chi connectivity index (χ0v) is 14.2. The van der Waals surface area contributed by atoms with Crippen molar-refractivity contribution in [2.24, 2.45) is 0 Å². The molecule has 27 heavy (non-hydrogen) atoms. The first kappa shape index (κ1) is 20.0. The van der Waals surface area contributed by atoms with Gasteiger partial charge in [-0.3, -0.25) is 9.59 Å². The summed E-state index contributed by atoms with van der Waals surface area (Å²) in [5, 5.41) is 2.43. The van der Waals surface area contributed by atoms with Gasteiger partial charge in [0, 0.05) is 17.3 Å². The predicted octanol–water partition coefficient (Wildman–Crippen LogP) is 4.36. The fourth-order valence-electron chi connectivity index (χ4n) is 2.05. The van der Waals surface area contributed by atoms with Crippen LogP contribution in [0.1, 0.15) is 17.3 Å². The summed E-state index contributed by atoms with van der Waals surface area (Å²) in [4.78, 5) is 23.8. The molecule has 142 valence electrons. The van der Waals surface area contributed by atoms with Crippen LogP contribution in [0.15, 0.2) is 60.7 Å². The highest BCUT2D eigenvalue weighted by atomic mass is 19.4. The van der Waals surface area contributed by atoms with E-state index in [0.717, 1.165) is 24.3 Å². The molecule has 2 aromatic carbocycles. The van der Waals surface area contributed by atoms with E-state index in [9.17, 15) is 22.8 Å². The normalized spacial score (nSPS) is 11.3. The minimum absolute atomic E-state index is 0.257. The smallest absolute Gasteiger partial charge is 0.494 e. The van der Waals surface area contributed by atoms with Gasteiger partial charge in [0.2, 0.25) is 5.91 Å². The van der Waals surface area contributed by atoms with Crippen LogP contribution in [0.4, 0.5) is 18.9 Å². The van der Waals surface area contributed by atoms with Crippen molar-refractivity contribution in [1.29, 1.82) is 0 Å². The highest BCUT2D eigenvalue weighted by molar-refractivity contribution is 6.09. The lowest BCUT2D eigenvalue weighted by atomic mass is 10.1. The van der Waals surface area contributed by atoms with Crippen molar-refractivity contribution < 1.29 is 32.2 Å². The number of hydrogen-bond acceptors (Lipinski definition) is 4. The Kier molecular flexibility index (Phi) is 6.59. The second kappa shape index (κ2) is 8.88. The Labute approximate surface area is 153 Å². The summed E-state index contributed by atoms with van der Waals surface area (Å²) in [5.41, 5.74) is 0.642. The number of hydrogen-bond donors (Lipinski definition) is 1. The number of alkyl halides is 3. The predicted molar refractivity (Wildman–Crippen MR) is 92.8 cm³/mol. The third kappa shape index (κ3) is 6.85. The van der Waals surface area contributed by atoms with Crippen molar-refractivity contribution in [1.82, 2.24) is 0 Å². The molecule has 0 saturated heterocycles. The summed E-state index contributed by atoms with van der Waals surface area (Å²) in [6, 6.07) is 11.1. The minimum atomic E-state index is -4.78. The number of rotatable bonds is 7. The quantitative estimate of drug-likeness (QED) is 0.573. The molecule has 8 heteroatoms. The lowest BCUT2D eigenvalue weighted by Gasteiger charge is -2.09. The Morgan fingerprint density at radius 1 is 0.963 bits per heavy atom. The van der Waals surface area contributed by atoms with Gasteiger partial charge in [0.05, 0.1) is 6.61 Å². The maximum Gasteiger partial charge on any atom is 0.573 e. The molecule has 0 aliphatic heterocycles. The zero-order chi connectivity index (χ0) is 19.9. The molecule has 2 aromatic rings. The van der Waals surface area contributed by atoms with Gasteiger partial charge in [-0.25, -0.2) is 0 Å². The van der Waals surface area contributed by atoms with Crippen LogP contribution in [0.25, 0.3) is 0 Å². The summed E-state index contributed by atoms with van der Waals surface area (Å²) in [6.07, 6.45) is -2.64. The Morgan fingerprint density at radius 2 is 1.56 bits per heavy atom. The molecule has 0 atom stereocenters. The van der Waals surface area contributed by atoms with Crippen molar-refractivity contribution >= 4 is 17.4 Å². The monoisotopic (exact) mass is 379 g/mol. The second-order valence-corrected chi connectivity index (χ2v) is 5.22. The molecule has 0 aromatic heterocycles. The molecule has 0 aliphatic rings. The van der Waals surface area contributed by atoms with E-state index in [1.165, 1.54) is 12.1 Å². The van der Waals surface area contributed by atoms with Crippen LogP contribution in [-0.2, 0) is 4.79 Å². The van der Waals surface area contributed by atoms with Gasteiger partial charge in [-0.05, 0) is 61.5 Å². The van der Waals surface area contributed by atoms with E-state index < -0.39 is 18.0 Å². The summed E-state index contributed by atoms with van der Waals surface area (Å²) < 4.78 is 45.3. The number of ketones is 1. The molecule has 0 fully saturated rings. The SMILES string of the molecule is CCOc1ccc(C(=O)/C=C/C(=O)Nc2ccc(OC(F)(F)F)cc2)cc1. The highest BCUT2D eigenvalue weighted by Crippen LogP contribution is 2.23. The number of halogens is 3. The Bertz CT molecular complexity index is 812. The second-order valence-electron chi connectivity index (χ2n) is 5.22. The van der Waals surface area contributed by atoms with Crippen molar-refractivity contribution in [3.63, 3.8) is 0 Å². The highest BCUT2D eigenvalue weighted by Gasteiger charge is 2.30. The number of allylic oxidation sites excluding steroid dienone is 1. The van der Waals surface area contributed by atoms with Gasteiger partial charge in [0.15, 0.2) is 5.78 Å². The van der Waals surface area contributed by atoms with Crippen LogP contribution < -0.4 is 14.8 Å². The molecule has 0 heterocycles. The van der Waals surface area contributed by atoms with Crippen LogP contribution in [0.2, 0.25) is 0 Å². The minimum Gasteiger partial charge on any atom is -0.494 e. The van der Waals surface area contributed by atoms with Gasteiger partial charge in [-0.2, -0.15) is 0 Å². The molecule has 5 nitrogen and oxygen atoms in total. The third-order valence-corrected chi connectivity index (χ3v) is 3.19. The van der Waals surface area contributed by atoms with Gasteiger partial charge < -0.3 is 14.8 Å². The fraction of sp³-hybridized carbons (Fsp3) is 0.158. The third-order valence-electron chi connectivity index (χ3n) is 3.19. The molecule has 0 unspecified atom stereocenters. The average Bonchev–Trinajstić information content (AvgIpc) is 2.61. The molecule has 0 saturated carbocycles. The van der Waals surface area contributed by atoms with E-state index in [2.05, 4.69) is 10.1 Å². The Morgan fingerprint density at radius 3 is 2.11 bits per heavy atom. The number of carbonyl (C=O) groups is 2. The lowest BCUT2D eigenvalue weighted by molar-refractivity contribution is -0.274. The molecular formula is C19H16F3NO4. The van der Waals surface area contributed by atoms with Gasteiger partial charge in [-0.15, -0.1) is 13.2 Å². The molecule has 0 bridgehead atoms. The maximum atomic E-state index is 12.1. The summed E-state index contributed by atoms with van der Waals surface area (Å²) in [6.45, 7) is 2.36. The molecular weight excluding hydrogens is 363 g/mol. The summed E-state index contributed by atoms with van der Waals surface area (Å²) >= 11 is 0. The first-order chi connectivity index (χ1) is 12.8. The van der Waals surface area contributed by atoms with Crippen LogP contribution in [0.3, 0.4) is 0 Å². The molecule has 0 aliphatic carbocycles. The lowest BCUT2D eigenvalue weighted by Crippen LogP contribution is -2.17. The van der Waals surface area contributed by atoms with Crippen molar-refractivity contribution in [2.75, 3.05) is 11.9 Å². The zero-order valence-electron chi connectivity index (χ0n) is 14.2. The number of nitrogens with one attached hydrogen (secondary N) is 1. The first-order valence-electron chi connectivity index (χ1n) is 7.89. The standard InChI is InChI=1S/C19H16F3NO4/c1-2-26-15-7-3-13(4-8-15)17(24)11-12-18(25)23-14-5-9-16(10-6-14)27-19(20,21)22/h3-12H,2H2,1H3,(H,23,25)/b12-11+. The molecule has 1 amide bonds. The number of benzene rings is 2. The van der Waals surface area contributed by atoms with Crippen LogP contribution in [-0.4, -0.2) is 24.7 Å². The molecule has 2 rings (SSSR count). The van der Waals surface area contributed by atoms with Crippen molar-refractivity contribution in [2.45, 2.75) is 13.3 Å². The number of carbonyl (C=O) groups excluding carboxylic acids is 2. The van der Waals surface area contributed by atoms with Gasteiger partial charge in [0.25, 0.3) is 0 Å². The number of anilines is 1. The van der Waals surface area contributed by atoms with Crippen LogP contribution in [0.5, 0.6) is 11.5 Å². The largest absolute Gasteiger partial charge is 0.573 e. The summed E-state index contributed by atoms with van der Waals surface area (Å²) in [7, 11) is 0. The van der Waals surface area contributed by atoms with E-state index in [1.807, 2.05) is 6.92 Å². The van der Waals surface area contributed by atoms with Gasteiger partial charge >= 0.3 is 6.36 Å². The van der Waals surface area contributed by atoms with Crippen molar-refractivity contribution in [3.8, 4) is 11.5 Å². The van der Waals surface area contributed by atoms with E-state index >= 15 is 0 Å². The molecule has 1 N–H and O–H groups in total. The van der Waals surface area contributed by atoms with E-state index in [-0.39, 0.29) is 11.5 Å². The average molecular weight is 379 g/mol. The van der Waals surface area contributed by atoms with Crippen LogP contribution >= 0.6 is 0 Å². The van der Waals surface area contributed by atoms with E-state index in [4.69, 9.17) is 4.74 Å². The van der Waals surface area contributed by atoms with Gasteiger partial charge in [0.1, 0.15) is 11.5 Å². The van der Waals surface area contributed by atoms with E-state index in [1.54, 1.807) is 24.3 Å². The number of amides is 1. The topological polar surface area (TPSA) is 64.6 Å². The Balaban J connectivity index is 1.91. The van der Waals surface area contributed by atoms with Gasteiger partial charge in [-0.1, -0.05) is 0 Å². The maximum absolute atomic E-state index is 12.1. The van der Waals surface area contributed by atoms with E-state index in [0.29, 0.717) is 17.9 Å². The first-order valence-corrected chi connectivity index (χ1v) is 7.89. The molecule has 0 spiro atoms. The van der Waals surface area contributed by atoms with Crippen LogP contribution in [0, 0.1) is 0 Å². The fourth-order valence-corrected chi connectivity index (χ4v) is 2.05. The number of ether oxygens (including phenoxy) is 2.